The zero-order chi connectivity index (χ0) is 21.7. The molecule has 154 valence electrons. The van der Waals surface area contributed by atoms with E-state index in [0.717, 1.165) is 27.8 Å². The molecule has 0 aliphatic carbocycles. The van der Waals surface area contributed by atoms with E-state index in [1.54, 1.807) is 24.4 Å². The minimum Gasteiger partial charge on any atom is -0.457 e. The monoisotopic (exact) mass is 405 g/mol. The van der Waals surface area contributed by atoms with Gasteiger partial charge >= 0.3 is 5.97 Å². The summed E-state index contributed by atoms with van der Waals surface area (Å²) in [4.78, 5) is 20.1. The van der Waals surface area contributed by atoms with E-state index in [1.807, 2.05) is 13.8 Å². The Morgan fingerprint density at radius 1 is 1.50 bits per heavy atom. The van der Waals surface area contributed by atoms with Crippen molar-refractivity contribution in [1.29, 1.82) is 5.26 Å². The lowest BCUT2D eigenvalue weighted by molar-refractivity contribution is 0.0535. The van der Waals surface area contributed by atoms with E-state index in [9.17, 15) is 9.90 Å². The van der Waals surface area contributed by atoms with E-state index in [0.29, 0.717) is 30.0 Å². The summed E-state index contributed by atoms with van der Waals surface area (Å²) < 4.78 is 5.06. The second kappa shape index (κ2) is 9.31. The first-order valence-corrected chi connectivity index (χ1v) is 9.44. The molecule has 30 heavy (non-hydrogen) atoms. The number of hydrogen-bond donors (Lipinski definition) is 3. The summed E-state index contributed by atoms with van der Waals surface area (Å²) in [5, 5.41) is 22.7. The van der Waals surface area contributed by atoms with Crippen LogP contribution in [0.5, 0.6) is 0 Å². The molecule has 0 radical (unpaired) electrons. The maximum absolute atomic E-state index is 11.6. The molecule has 2 heterocycles. The Morgan fingerprint density at radius 2 is 2.30 bits per heavy atom. The fourth-order valence-corrected chi connectivity index (χ4v) is 3.22. The predicted octanol–water partition coefficient (Wildman–Crippen LogP) is 2.11. The molecule has 2 aromatic rings. The van der Waals surface area contributed by atoms with Crippen LogP contribution >= 0.6 is 0 Å². The minimum atomic E-state index is -0.746. The molecule has 1 aliphatic rings. The molecule has 1 aromatic heterocycles. The van der Waals surface area contributed by atoms with Gasteiger partial charge in [0.25, 0.3) is 0 Å². The molecule has 1 aliphatic heterocycles. The summed E-state index contributed by atoms with van der Waals surface area (Å²) in [6.45, 7) is 4.65. The van der Waals surface area contributed by atoms with Gasteiger partial charge in [-0.25, -0.2) is 14.8 Å². The van der Waals surface area contributed by atoms with Crippen molar-refractivity contribution in [3.63, 3.8) is 0 Å². The number of aliphatic hydroxyl groups excluding tert-OH is 1. The SMILES string of the molecule is Cc1cc(N=CC(=CN)CNCC(O)c2ccc3c(c2C)COC3=O)ncc1C#N. The first-order chi connectivity index (χ1) is 14.4. The van der Waals surface area contributed by atoms with Crippen LogP contribution in [-0.4, -0.2) is 35.4 Å². The Hall–Kier alpha value is -3.54. The molecule has 3 rings (SSSR count). The van der Waals surface area contributed by atoms with Crippen LogP contribution in [0.15, 0.2) is 41.2 Å². The fourth-order valence-electron chi connectivity index (χ4n) is 3.22. The van der Waals surface area contributed by atoms with Crippen molar-refractivity contribution < 1.29 is 14.6 Å². The number of fused-ring (bicyclic) bond motifs is 1. The molecule has 0 fully saturated rings. The molecule has 0 bridgehead atoms. The maximum Gasteiger partial charge on any atom is 0.338 e. The van der Waals surface area contributed by atoms with Gasteiger partial charge in [0, 0.05) is 31.1 Å². The lowest BCUT2D eigenvalue weighted by Crippen LogP contribution is -2.25. The lowest BCUT2D eigenvalue weighted by Gasteiger charge is -2.16. The van der Waals surface area contributed by atoms with Crippen LogP contribution in [0.1, 0.15) is 44.3 Å². The second-order valence-electron chi connectivity index (χ2n) is 7.00. The van der Waals surface area contributed by atoms with E-state index in [4.69, 9.17) is 15.7 Å². The molecule has 0 amide bonds. The van der Waals surface area contributed by atoms with Crippen LogP contribution in [0.25, 0.3) is 0 Å². The van der Waals surface area contributed by atoms with E-state index in [1.165, 1.54) is 12.4 Å². The number of ether oxygens (including phenoxy) is 1. The number of rotatable bonds is 7. The van der Waals surface area contributed by atoms with Crippen LogP contribution in [-0.2, 0) is 11.3 Å². The smallest absolute Gasteiger partial charge is 0.338 e. The van der Waals surface area contributed by atoms with Crippen LogP contribution in [0.2, 0.25) is 0 Å². The molecular formula is C22H23N5O3. The minimum absolute atomic E-state index is 0.243. The largest absolute Gasteiger partial charge is 0.457 e. The van der Waals surface area contributed by atoms with Crippen LogP contribution < -0.4 is 11.1 Å². The highest BCUT2D eigenvalue weighted by Gasteiger charge is 2.25. The number of carbonyl (C=O) groups is 1. The topological polar surface area (TPSA) is 134 Å². The van der Waals surface area contributed by atoms with Crippen molar-refractivity contribution in [2.45, 2.75) is 26.6 Å². The third-order valence-corrected chi connectivity index (χ3v) is 5.03. The van der Waals surface area contributed by atoms with Crippen molar-refractivity contribution in [2.24, 2.45) is 10.7 Å². The molecule has 0 saturated heterocycles. The van der Waals surface area contributed by atoms with Gasteiger partial charge in [0.05, 0.1) is 17.2 Å². The summed E-state index contributed by atoms with van der Waals surface area (Å²) in [5.74, 6) is 0.160. The number of pyridine rings is 1. The summed E-state index contributed by atoms with van der Waals surface area (Å²) in [5.41, 5.74) is 10.7. The Balaban J connectivity index is 1.58. The number of nitriles is 1. The Morgan fingerprint density at radius 3 is 3.00 bits per heavy atom. The number of hydrogen-bond acceptors (Lipinski definition) is 8. The molecule has 4 N–H and O–H groups in total. The van der Waals surface area contributed by atoms with E-state index in [2.05, 4.69) is 21.4 Å². The van der Waals surface area contributed by atoms with Crippen molar-refractivity contribution in [3.05, 3.63) is 69.5 Å². The Kier molecular flexibility index (Phi) is 6.57. The van der Waals surface area contributed by atoms with Gasteiger partial charge in [0.2, 0.25) is 0 Å². The predicted molar refractivity (Wildman–Crippen MR) is 112 cm³/mol. The van der Waals surface area contributed by atoms with Gasteiger partial charge in [-0.3, -0.25) is 0 Å². The number of aryl methyl sites for hydroxylation is 1. The first-order valence-electron chi connectivity index (χ1n) is 9.44. The number of esters is 1. The number of nitrogens with two attached hydrogens (primary N) is 1. The van der Waals surface area contributed by atoms with Gasteiger partial charge in [0.1, 0.15) is 12.7 Å². The molecule has 1 atom stereocenters. The maximum atomic E-state index is 11.6. The molecular weight excluding hydrogens is 382 g/mol. The number of carbonyl (C=O) groups excluding carboxylic acids is 1. The Bertz CT molecular complexity index is 1070. The molecule has 8 heteroatoms. The van der Waals surface area contributed by atoms with Crippen molar-refractivity contribution >= 4 is 18.0 Å². The molecule has 1 unspecified atom stereocenters. The highest BCUT2D eigenvalue weighted by molar-refractivity contribution is 5.94. The third-order valence-electron chi connectivity index (χ3n) is 5.03. The van der Waals surface area contributed by atoms with Gasteiger partial charge < -0.3 is 20.9 Å². The summed E-state index contributed by atoms with van der Waals surface area (Å²) in [7, 11) is 0. The molecule has 0 spiro atoms. The quantitative estimate of drug-likeness (QED) is 0.474. The number of cyclic esters (lactones) is 1. The zero-order valence-corrected chi connectivity index (χ0v) is 16.8. The summed E-state index contributed by atoms with van der Waals surface area (Å²) in [6, 6.07) is 7.25. The number of aliphatic hydroxyl groups is 1. The molecule has 0 saturated carbocycles. The highest BCUT2D eigenvalue weighted by Crippen LogP contribution is 2.28. The number of benzene rings is 1. The van der Waals surface area contributed by atoms with Gasteiger partial charge in [-0.05, 0) is 54.4 Å². The number of nitrogens with zero attached hydrogens (tertiary/aromatic N) is 3. The Labute approximate surface area is 174 Å². The van der Waals surface area contributed by atoms with Crippen LogP contribution in [0.4, 0.5) is 5.82 Å². The standard InChI is InChI=1S/C22H23N5O3/c1-13-5-21(27-10-16(13)7-24)26-9-15(6-23)8-25-11-20(28)17-3-4-18-19(14(17)2)12-30-22(18)29/h3-6,9-10,20,25,28H,8,11-12,23H2,1-2H3. The van der Waals surface area contributed by atoms with Gasteiger partial charge in [0.15, 0.2) is 5.82 Å². The third kappa shape index (κ3) is 4.54. The summed E-state index contributed by atoms with van der Waals surface area (Å²) >= 11 is 0. The number of aromatic nitrogens is 1. The van der Waals surface area contributed by atoms with E-state index in [-0.39, 0.29) is 12.6 Å². The molecule has 1 aromatic carbocycles. The van der Waals surface area contributed by atoms with Crippen LogP contribution in [0.3, 0.4) is 0 Å². The number of aliphatic imine (C=N–C) groups is 1. The van der Waals surface area contributed by atoms with Gasteiger partial charge in [-0.2, -0.15) is 5.26 Å². The van der Waals surface area contributed by atoms with Crippen molar-refractivity contribution in [3.8, 4) is 6.07 Å². The normalized spacial score (nSPS) is 14.5. The highest BCUT2D eigenvalue weighted by atomic mass is 16.5. The average molecular weight is 405 g/mol. The number of nitrogens with one attached hydrogen (secondary N) is 1. The zero-order valence-electron chi connectivity index (χ0n) is 16.8. The first kappa shape index (κ1) is 21.2. The second-order valence-corrected chi connectivity index (χ2v) is 7.00. The lowest BCUT2D eigenvalue weighted by atomic mass is 9.95. The fraction of sp³-hybridized carbons (Fsp3) is 0.273. The van der Waals surface area contributed by atoms with Gasteiger partial charge in [-0.1, -0.05) is 6.07 Å². The van der Waals surface area contributed by atoms with Crippen molar-refractivity contribution in [2.75, 3.05) is 13.1 Å². The van der Waals surface area contributed by atoms with E-state index >= 15 is 0 Å². The van der Waals surface area contributed by atoms with Crippen LogP contribution in [0, 0.1) is 25.2 Å². The van der Waals surface area contributed by atoms with Crippen molar-refractivity contribution in [1.82, 2.24) is 10.3 Å². The summed E-state index contributed by atoms with van der Waals surface area (Å²) in [6.07, 6.45) is 3.77. The molecule has 8 nitrogen and oxygen atoms in total. The van der Waals surface area contributed by atoms with E-state index < -0.39 is 6.10 Å². The average Bonchev–Trinajstić information content (AvgIpc) is 3.12. The van der Waals surface area contributed by atoms with Gasteiger partial charge in [-0.15, -0.1) is 0 Å².